The summed E-state index contributed by atoms with van der Waals surface area (Å²) in [7, 11) is 1.62. The third kappa shape index (κ3) is 2.48. The smallest absolute Gasteiger partial charge is 0.335 e. The molecule has 3 aliphatic carbocycles. The first kappa shape index (κ1) is 12.9. The lowest BCUT2D eigenvalue weighted by Gasteiger charge is -2.25. The molecule has 0 unspecified atom stereocenters. The second-order valence-electron chi connectivity index (χ2n) is 6.03. The van der Waals surface area contributed by atoms with E-state index in [-0.39, 0.29) is 6.03 Å². The van der Waals surface area contributed by atoms with Crippen molar-refractivity contribution in [1.29, 1.82) is 0 Å². The van der Waals surface area contributed by atoms with Crippen LogP contribution < -0.4 is 10.7 Å². The average Bonchev–Trinajstić information content (AvgIpc) is 3.08. The van der Waals surface area contributed by atoms with Gasteiger partial charge in [-0.2, -0.15) is 5.10 Å². The fraction of sp³-hybridized carbons (Fsp3) is 0.857. The quantitative estimate of drug-likeness (QED) is 0.601. The molecular weight excluding hydrogens is 242 g/mol. The zero-order valence-corrected chi connectivity index (χ0v) is 11.5. The fourth-order valence-corrected chi connectivity index (χ4v) is 4.37. The molecular formula is C14H23N3O2. The van der Waals surface area contributed by atoms with E-state index in [1.165, 1.54) is 31.4 Å². The van der Waals surface area contributed by atoms with Crippen molar-refractivity contribution in [2.45, 2.75) is 32.1 Å². The summed E-state index contributed by atoms with van der Waals surface area (Å²) in [6.45, 7) is 1.04. The molecule has 0 aromatic heterocycles. The van der Waals surface area contributed by atoms with Gasteiger partial charge in [-0.25, -0.2) is 10.2 Å². The van der Waals surface area contributed by atoms with Crippen LogP contribution in [-0.4, -0.2) is 32.0 Å². The highest BCUT2D eigenvalue weighted by Crippen LogP contribution is 2.57. The number of methoxy groups -OCH3 is 1. The van der Waals surface area contributed by atoms with Crippen LogP contribution in [0.4, 0.5) is 4.79 Å². The van der Waals surface area contributed by atoms with Gasteiger partial charge in [0.25, 0.3) is 0 Å². The molecule has 4 atom stereocenters. The van der Waals surface area contributed by atoms with Crippen molar-refractivity contribution < 1.29 is 9.53 Å². The predicted molar refractivity (Wildman–Crippen MR) is 72.9 cm³/mol. The van der Waals surface area contributed by atoms with Crippen LogP contribution in [-0.2, 0) is 4.74 Å². The maximum absolute atomic E-state index is 11.5. The first-order chi connectivity index (χ1) is 9.29. The summed E-state index contributed by atoms with van der Waals surface area (Å²) >= 11 is 0. The Bertz CT molecular complexity index is 383. The highest BCUT2D eigenvalue weighted by molar-refractivity contribution is 5.91. The van der Waals surface area contributed by atoms with E-state index in [1.807, 2.05) is 0 Å². The number of urea groups is 1. The number of nitrogens with one attached hydrogen (secondary N) is 2. The molecule has 3 rings (SSSR count). The lowest BCUT2D eigenvalue weighted by atomic mass is 9.81. The van der Waals surface area contributed by atoms with E-state index in [1.54, 1.807) is 7.11 Å². The van der Waals surface area contributed by atoms with Gasteiger partial charge in [0.2, 0.25) is 0 Å². The zero-order chi connectivity index (χ0) is 13.2. The third-order valence-electron chi connectivity index (χ3n) is 5.10. The molecule has 0 saturated heterocycles. The highest BCUT2D eigenvalue weighted by atomic mass is 16.5. The molecule has 2 amide bonds. The minimum absolute atomic E-state index is 0.227. The van der Waals surface area contributed by atoms with Crippen molar-refractivity contribution in [2.75, 3.05) is 20.3 Å². The maximum Gasteiger partial charge on any atom is 0.335 e. The molecule has 5 heteroatoms. The molecule has 3 saturated carbocycles. The molecule has 106 valence electrons. The number of rotatable bonds is 4. The van der Waals surface area contributed by atoms with Crippen molar-refractivity contribution >= 4 is 11.7 Å². The minimum Gasteiger partial charge on any atom is -0.383 e. The molecule has 2 bridgehead atoms. The SMILES string of the molecule is COCCNC(=O)NN=C1C[C@H]2C[C@H]1[C@H]1CCC[C@@H]21. The normalized spacial score (nSPS) is 37.6. The van der Waals surface area contributed by atoms with Crippen LogP contribution in [0.1, 0.15) is 32.1 Å². The Hall–Kier alpha value is -1.10. The predicted octanol–water partition coefficient (Wildman–Crippen LogP) is 1.74. The Labute approximate surface area is 114 Å². The number of nitrogens with zero attached hydrogens (tertiary/aromatic N) is 1. The Morgan fingerprint density at radius 1 is 1.42 bits per heavy atom. The van der Waals surface area contributed by atoms with Crippen LogP contribution in [0.3, 0.4) is 0 Å². The summed E-state index contributed by atoms with van der Waals surface area (Å²) in [5.74, 6) is 3.31. The lowest BCUT2D eigenvalue weighted by Crippen LogP contribution is -2.36. The number of carbonyl (C=O) groups is 1. The van der Waals surface area contributed by atoms with Crippen molar-refractivity contribution in [1.82, 2.24) is 10.7 Å². The van der Waals surface area contributed by atoms with Crippen LogP contribution in [0.5, 0.6) is 0 Å². The minimum atomic E-state index is -0.227. The molecule has 0 spiro atoms. The molecule has 3 aliphatic rings. The molecule has 0 aromatic rings. The summed E-state index contributed by atoms with van der Waals surface area (Å²) in [5, 5.41) is 7.07. The Kier molecular flexibility index (Phi) is 3.73. The van der Waals surface area contributed by atoms with Crippen molar-refractivity contribution in [3.63, 3.8) is 0 Å². The van der Waals surface area contributed by atoms with Crippen molar-refractivity contribution in [2.24, 2.45) is 28.8 Å². The first-order valence-corrected chi connectivity index (χ1v) is 7.39. The number of amides is 2. The van der Waals surface area contributed by atoms with Crippen molar-refractivity contribution in [3.8, 4) is 0 Å². The Balaban J connectivity index is 1.50. The summed E-state index contributed by atoms with van der Waals surface area (Å²) in [4.78, 5) is 11.5. The van der Waals surface area contributed by atoms with Gasteiger partial charge >= 0.3 is 6.03 Å². The van der Waals surface area contributed by atoms with E-state index in [9.17, 15) is 4.79 Å². The van der Waals surface area contributed by atoms with Gasteiger partial charge in [0.05, 0.1) is 6.61 Å². The Morgan fingerprint density at radius 2 is 2.26 bits per heavy atom. The number of hydrazone groups is 1. The van der Waals surface area contributed by atoms with E-state index < -0.39 is 0 Å². The van der Waals surface area contributed by atoms with Crippen LogP contribution >= 0.6 is 0 Å². The van der Waals surface area contributed by atoms with Crippen molar-refractivity contribution in [3.05, 3.63) is 0 Å². The standard InChI is InChI=1S/C14H23N3O2/c1-19-6-5-15-14(18)17-16-13-8-9-7-12(13)11-4-2-3-10(9)11/h9-12H,2-8H2,1H3,(H2,15,17,18)/t9-,10+,11+,12+/m1/s1. The molecule has 0 aliphatic heterocycles. The van der Waals surface area contributed by atoms with Gasteiger partial charge in [0.15, 0.2) is 0 Å². The van der Waals surface area contributed by atoms with Gasteiger partial charge in [-0.1, -0.05) is 6.42 Å². The third-order valence-corrected chi connectivity index (χ3v) is 5.10. The molecule has 0 aromatic carbocycles. The number of hydrogen-bond donors (Lipinski definition) is 2. The average molecular weight is 265 g/mol. The van der Waals surface area contributed by atoms with E-state index in [0.717, 1.165) is 24.2 Å². The van der Waals surface area contributed by atoms with Gasteiger partial charge in [0, 0.05) is 25.3 Å². The number of ether oxygens (including phenoxy) is 1. The molecule has 5 nitrogen and oxygen atoms in total. The number of hydrogen-bond acceptors (Lipinski definition) is 3. The second-order valence-corrected chi connectivity index (χ2v) is 6.03. The lowest BCUT2D eigenvalue weighted by molar-refractivity contribution is 0.196. The van der Waals surface area contributed by atoms with E-state index in [0.29, 0.717) is 19.1 Å². The summed E-state index contributed by atoms with van der Waals surface area (Å²) in [6, 6.07) is -0.227. The molecule has 0 heterocycles. The van der Waals surface area contributed by atoms with E-state index >= 15 is 0 Å². The zero-order valence-electron chi connectivity index (χ0n) is 11.5. The van der Waals surface area contributed by atoms with Gasteiger partial charge in [-0.05, 0) is 43.4 Å². The maximum atomic E-state index is 11.5. The van der Waals surface area contributed by atoms with Crippen LogP contribution in [0.25, 0.3) is 0 Å². The first-order valence-electron chi connectivity index (χ1n) is 7.39. The number of carbonyl (C=O) groups excluding carboxylic acids is 1. The van der Waals surface area contributed by atoms with Gasteiger partial charge < -0.3 is 10.1 Å². The van der Waals surface area contributed by atoms with Crippen LogP contribution in [0.2, 0.25) is 0 Å². The van der Waals surface area contributed by atoms with Gasteiger partial charge in [0.1, 0.15) is 0 Å². The number of fused-ring (bicyclic) bond motifs is 5. The molecule has 19 heavy (non-hydrogen) atoms. The second kappa shape index (κ2) is 5.49. The fourth-order valence-electron chi connectivity index (χ4n) is 4.37. The van der Waals surface area contributed by atoms with E-state index in [4.69, 9.17) is 4.74 Å². The Morgan fingerprint density at radius 3 is 3.11 bits per heavy atom. The summed E-state index contributed by atoms with van der Waals surface area (Å²) < 4.78 is 4.88. The van der Waals surface area contributed by atoms with Crippen LogP contribution in [0.15, 0.2) is 5.10 Å². The summed E-state index contributed by atoms with van der Waals surface area (Å²) in [5.41, 5.74) is 3.86. The highest BCUT2D eigenvalue weighted by Gasteiger charge is 2.52. The van der Waals surface area contributed by atoms with Gasteiger partial charge in [-0.3, -0.25) is 0 Å². The molecule has 3 fully saturated rings. The largest absolute Gasteiger partial charge is 0.383 e. The van der Waals surface area contributed by atoms with E-state index in [2.05, 4.69) is 15.8 Å². The van der Waals surface area contributed by atoms with Gasteiger partial charge in [-0.15, -0.1) is 0 Å². The van der Waals surface area contributed by atoms with Crippen LogP contribution in [0, 0.1) is 23.7 Å². The summed E-state index contributed by atoms with van der Waals surface area (Å²) in [6.07, 6.45) is 6.58. The molecule has 0 radical (unpaired) electrons. The molecule has 2 N–H and O–H groups in total. The monoisotopic (exact) mass is 265 g/mol. The topological polar surface area (TPSA) is 62.7 Å².